The summed E-state index contributed by atoms with van der Waals surface area (Å²) in [7, 11) is 0. The lowest BCUT2D eigenvalue weighted by Gasteiger charge is -2.35. The largest absolute Gasteiger partial charge is 0.478 e. The average molecular weight is 312 g/mol. The number of nitrogens with one attached hydrogen (secondary N) is 1. The maximum atomic E-state index is 12.2. The molecule has 2 rings (SSSR count). The summed E-state index contributed by atoms with van der Waals surface area (Å²) in [6, 6.07) is -0.311. The molecule has 21 heavy (non-hydrogen) atoms. The highest BCUT2D eigenvalue weighted by atomic mass is 32.1. The maximum Gasteiger partial charge on any atom is 0.338 e. The first kappa shape index (κ1) is 15.8. The zero-order valence-corrected chi connectivity index (χ0v) is 13.2. The Morgan fingerprint density at radius 3 is 2.38 bits per heavy atom. The lowest BCUT2D eigenvalue weighted by molar-refractivity contribution is 0.00570. The summed E-state index contributed by atoms with van der Waals surface area (Å²) in [6.07, 6.45) is 1.05. The van der Waals surface area contributed by atoms with Crippen LogP contribution in [-0.4, -0.2) is 45.8 Å². The van der Waals surface area contributed by atoms with Gasteiger partial charge < -0.3 is 15.1 Å². The van der Waals surface area contributed by atoms with E-state index in [4.69, 9.17) is 0 Å². The predicted molar refractivity (Wildman–Crippen MR) is 81.2 cm³/mol. The van der Waals surface area contributed by atoms with Gasteiger partial charge in [-0.3, -0.25) is 5.32 Å². The lowest BCUT2D eigenvalue weighted by atomic mass is 9.94. The first-order chi connectivity index (χ1) is 9.71. The van der Waals surface area contributed by atoms with Crippen LogP contribution in [0.3, 0.4) is 0 Å². The van der Waals surface area contributed by atoms with E-state index < -0.39 is 11.6 Å². The van der Waals surface area contributed by atoms with Gasteiger partial charge in [0.15, 0.2) is 0 Å². The fourth-order valence-electron chi connectivity index (χ4n) is 2.34. The lowest BCUT2D eigenvalue weighted by Crippen LogP contribution is -2.46. The summed E-state index contributed by atoms with van der Waals surface area (Å²) in [5, 5.41) is 22.2. The van der Waals surface area contributed by atoms with Crippen molar-refractivity contribution in [1.29, 1.82) is 0 Å². The fraction of sp³-hybridized carbons (Fsp3) is 0.571. The van der Waals surface area contributed by atoms with Crippen molar-refractivity contribution >= 4 is 28.3 Å². The van der Waals surface area contributed by atoms with Crippen molar-refractivity contribution in [1.82, 2.24) is 4.90 Å². The van der Waals surface area contributed by atoms with E-state index >= 15 is 0 Å². The van der Waals surface area contributed by atoms with Gasteiger partial charge in [-0.15, -0.1) is 11.3 Å². The Hall–Kier alpha value is -1.60. The highest BCUT2D eigenvalue weighted by molar-refractivity contribution is 7.16. The smallest absolute Gasteiger partial charge is 0.338 e. The van der Waals surface area contributed by atoms with Crippen LogP contribution in [0.5, 0.6) is 0 Å². The summed E-state index contributed by atoms with van der Waals surface area (Å²) >= 11 is 1.27. The Morgan fingerprint density at radius 2 is 1.86 bits per heavy atom. The second-order valence-corrected chi connectivity index (χ2v) is 6.93. The van der Waals surface area contributed by atoms with Crippen LogP contribution < -0.4 is 5.32 Å². The second-order valence-electron chi connectivity index (χ2n) is 5.71. The van der Waals surface area contributed by atoms with E-state index in [-0.39, 0.29) is 11.6 Å². The van der Waals surface area contributed by atoms with Crippen molar-refractivity contribution in [3.05, 3.63) is 16.0 Å². The number of likely N-dealkylation sites (tertiary alicyclic amines) is 1. The number of hydrogen-bond donors (Lipinski definition) is 3. The van der Waals surface area contributed by atoms with E-state index in [1.165, 1.54) is 11.3 Å². The molecule has 0 aromatic carbocycles. The SMILES string of the molecule is Cc1sc(NC(=O)N2CCC(C)(O)CC2)c(C(=O)O)c1C. The summed E-state index contributed by atoms with van der Waals surface area (Å²) in [5.74, 6) is -1.03. The van der Waals surface area contributed by atoms with Crippen molar-refractivity contribution in [3.8, 4) is 0 Å². The highest BCUT2D eigenvalue weighted by Gasteiger charge is 2.30. The number of amides is 2. The van der Waals surface area contributed by atoms with Gasteiger partial charge in [0.25, 0.3) is 0 Å². The van der Waals surface area contributed by atoms with Crippen molar-refractivity contribution in [2.45, 2.75) is 39.2 Å². The number of aliphatic hydroxyl groups is 1. The van der Waals surface area contributed by atoms with Crippen molar-refractivity contribution in [3.63, 3.8) is 0 Å². The molecule has 2 amide bonds. The number of rotatable bonds is 2. The zero-order valence-electron chi connectivity index (χ0n) is 12.4. The van der Waals surface area contributed by atoms with E-state index in [0.717, 1.165) is 4.88 Å². The fourth-order valence-corrected chi connectivity index (χ4v) is 3.38. The van der Waals surface area contributed by atoms with Gasteiger partial charge in [-0.1, -0.05) is 0 Å². The normalized spacial score (nSPS) is 17.6. The van der Waals surface area contributed by atoms with Crippen molar-refractivity contribution in [2.24, 2.45) is 0 Å². The third-order valence-corrected chi connectivity index (χ3v) is 5.07. The van der Waals surface area contributed by atoms with Gasteiger partial charge in [-0.2, -0.15) is 0 Å². The molecular formula is C14H20N2O4S. The van der Waals surface area contributed by atoms with Gasteiger partial charge in [0.05, 0.1) is 11.2 Å². The van der Waals surface area contributed by atoms with E-state index in [1.807, 2.05) is 6.92 Å². The van der Waals surface area contributed by atoms with Gasteiger partial charge >= 0.3 is 12.0 Å². The molecule has 0 unspecified atom stereocenters. The number of thiophene rings is 1. The van der Waals surface area contributed by atoms with Gasteiger partial charge in [0.1, 0.15) is 5.00 Å². The number of carbonyl (C=O) groups excluding carboxylic acids is 1. The monoisotopic (exact) mass is 312 g/mol. The van der Waals surface area contributed by atoms with E-state index in [9.17, 15) is 19.8 Å². The van der Waals surface area contributed by atoms with Gasteiger partial charge in [-0.25, -0.2) is 9.59 Å². The van der Waals surface area contributed by atoms with Crippen LogP contribution in [-0.2, 0) is 0 Å². The number of carboxylic acid groups (broad SMARTS) is 1. The first-order valence-electron chi connectivity index (χ1n) is 6.83. The van der Waals surface area contributed by atoms with Gasteiger partial charge in [-0.05, 0) is 39.2 Å². The standard InChI is InChI=1S/C14H20N2O4S/c1-8-9(2)21-11(10(8)12(17)18)15-13(19)16-6-4-14(3,20)5-7-16/h20H,4-7H2,1-3H3,(H,15,19)(H,17,18). The number of urea groups is 1. The second kappa shape index (κ2) is 5.65. The molecule has 0 spiro atoms. The topological polar surface area (TPSA) is 89.9 Å². The van der Waals surface area contributed by atoms with Crippen LogP contribution in [0, 0.1) is 13.8 Å². The molecule has 1 aliphatic rings. The van der Waals surface area contributed by atoms with Crippen LogP contribution in [0.15, 0.2) is 0 Å². The van der Waals surface area contributed by atoms with E-state index in [2.05, 4.69) is 5.32 Å². The third-order valence-electron chi connectivity index (χ3n) is 3.95. The van der Waals surface area contributed by atoms with Crippen LogP contribution in [0.2, 0.25) is 0 Å². The number of carbonyl (C=O) groups is 2. The Kier molecular flexibility index (Phi) is 4.25. The molecule has 1 saturated heterocycles. The molecule has 3 N–H and O–H groups in total. The summed E-state index contributed by atoms with van der Waals surface area (Å²) in [4.78, 5) is 26.0. The summed E-state index contributed by atoms with van der Waals surface area (Å²) in [5.41, 5.74) is 0.123. The summed E-state index contributed by atoms with van der Waals surface area (Å²) in [6.45, 7) is 6.26. The van der Waals surface area contributed by atoms with E-state index in [1.54, 1.807) is 18.7 Å². The average Bonchev–Trinajstić information content (AvgIpc) is 2.64. The molecule has 2 heterocycles. The Bertz CT molecular complexity index is 570. The number of nitrogens with zero attached hydrogens (tertiary/aromatic N) is 1. The third kappa shape index (κ3) is 3.36. The van der Waals surface area contributed by atoms with Crippen LogP contribution in [0.4, 0.5) is 9.80 Å². The molecule has 6 nitrogen and oxygen atoms in total. The Balaban J connectivity index is 2.10. The number of aromatic carboxylic acids is 1. The molecule has 0 atom stereocenters. The molecule has 1 fully saturated rings. The minimum Gasteiger partial charge on any atom is -0.478 e. The Morgan fingerprint density at radius 1 is 1.29 bits per heavy atom. The highest BCUT2D eigenvalue weighted by Crippen LogP contribution is 2.33. The van der Waals surface area contributed by atoms with Crippen molar-refractivity contribution in [2.75, 3.05) is 18.4 Å². The number of anilines is 1. The number of aryl methyl sites for hydroxylation is 1. The van der Waals surface area contributed by atoms with Crippen LogP contribution >= 0.6 is 11.3 Å². The van der Waals surface area contributed by atoms with Crippen LogP contribution in [0.1, 0.15) is 40.6 Å². The van der Waals surface area contributed by atoms with Gasteiger partial charge in [0, 0.05) is 18.0 Å². The molecule has 1 aromatic heterocycles. The summed E-state index contributed by atoms with van der Waals surface area (Å²) < 4.78 is 0. The Labute approximate surface area is 127 Å². The maximum absolute atomic E-state index is 12.2. The molecule has 1 aliphatic heterocycles. The van der Waals surface area contributed by atoms with Crippen molar-refractivity contribution < 1.29 is 19.8 Å². The molecule has 0 bridgehead atoms. The minimum atomic E-state index is -1.03. The molecule has 7 heteroatoms. The predicted octanol–water partition coefficient (Wildman–Crippen LogP) is 2.44. The van der Waals surface area contributed by atoms with E-state index in [0.29, 0.717) is 36.5 Å². The quantitative estimate of drug-likeness (QED) is 0.782. The molecular weight excluding hydrogens is 292 g/mol. The number of piperidine rings is 1. The number of carboxylic acids is 1. The molecule has 0 aliphatic carbocycles. The first-order valence-corrected chi connectivity index (χ1v) is 7.64. The molecule has 1 aromatic rings. The molecule has 0 saturated carbocycles. The number of hydrogen-bond acceptors (Lipinski definition) is 4. The van der Waals surface area contributed by atoms with Crippen LogP contribution in [0.25, 0.3) is 0 Å². The van der Waals surface area contributed by atoms with Gasteiger partial charge in [0.2, 0.25) is 0 Å². The minimum absolute atomic E-state index is 0.162. The molecule has 0 radical (unpaired) electrons. The molecule has 116 valence electrons. The zero-order chi connectivity index (χ0) is 15.8.